The van der Waals surface area contributed by atoms with Crippen LogP contribution in [0, 0.1) is 0 Å². The Bertz CT molecular complexity index is 632. The number of allylic oxidation sites excluding steroid dienone is 1. The summed E-state index contributed by atoms with van der Waals surface area (Å²) in [6, 6.07) is 0. The van der Waals surface area contributed by atoms with Crippen LogP contribution in [0.15, 0.2) is 12.3 Å². The number of hydrogen-bond donors (Lipinski definition) is 0. The lowest BCUT2D eigenvalue weighted by atomic mass is 9.90. The fourth-order valence-electron chi connectivity index (χ4n) is 1.43. The molecule has 0 aromatic heterocycles. The zero-order valence-corrected chi connectivity index (χ0v) is 13.3. The number of ketones is 1. The van der Waals surface area contributed by atoms with Crippen LogP contribution >= 0.6 is 0 Å². The molecule has 0 aromatic carbocycles. The quantitative estimate of drug-likeness (QED) is 0.255. The molecular weight excluding hydrogens is 461 g/mol. The van der Waals surface area contributed by atoms with Crippen LogP contribution in [0.1, 0.15) is 6.92 Å². The Morgan fingerprint density at radius 1 is 0.655 bits per heavy atom. The molecule has 0 aliphatic rings. The van der Waals surface area contributed by atoms with Crippen molar-refractivity contribution in [3.63, 3.8) is 0 Å². The van der Waals surface area contributed by atoms with Crippen LogP contribution in [-0.2, 0) is 9.53 Å². The van der Waals surface area contributed by atoms with Crippen LogP contribution in [0.2, 0.25) is 0 Å². The van der Waals surface area contributed by atoms with Crippen molar-refractivity contribution in [2.24, 2.45) is 0 Å². The van der Waals surface area contributed by atoms with Gasteiger partial charge >= 0.3 is 41.7 Å². The van der Waals surface area contributed by atoms with E-state index < -0.39 is 60.2 Å². The molecule has 0 aromatic rings. The molecule has 0 N–H and O–H groups in total. The van der Waals surface area contributed by atoms with Gasteiger partial charge < -0.3 is 4.74 Å². The first kappa shape index (κ1) is 27.2. The fraction of sp³-hybridized carbons (Fsp3) is 0.750. The highest BCUT2D eigenvalue weighted by Crippen LogP contribution is 2.62. The summed E-state index contributed by atoms with van der Waals surface area (Å²) in [6.45, 7) is 0.706. The second-order valence-electron chi connectivity index (χ2n) is 5.07. The SMILES string of the molecule is CCO/C=C/C(=O)C(F)(F)C(F)(F)C(F)(F)C(F)(F)C(F)(F)C(F)(F)C(F)(F)F. The van der Waals surface area contributed by atoms with Crippen molar-refractivity contribution in [3.8, 4) is 0 Å². The van der Waals surface area contributed by atoms with E-state index in [9.17, 15) is 70.7 Å². The smallest absolute Gasteiger partial charge is 0.460 e. The topological polar surface area (TPSA) is 26.3 Å². The van der Waals surface area contributed by atoms with E-state index in [-0.39, 0.29) is 6.26 Å². The molecule has 29 heavy (non-hydrogen) atoms. The molecule has 0 radical (unpaired) electrons. The third-order valence-electron chi connectivity index (χ3n) is 3.12. The van der Waals surface area contributed by atoms with Gasteiger partial charge in [-0.3, -0.25) is 4.79 Å². The Labute approximate surface area is 150 Å². The van der Waals surface area contributed by atoms with Crippen LogP contribution in [0.3, 0.4) is 0 Å². The van der Waals surface area contributed by atoms with Gasteiger partial charge in [0.05, 0.1) is 12.9 Å². The van der Waals surface area contributed by atoms with Gasteiger partial charge in [-0.2, -0.15) is 65.9 Å². The molecule has 0 heterocycles. The van der Waals surface area contributed by atoms with Gasteiger partial charge in [-0.05, 0) is 6.92 Å². The van der Waals surface area contributed by atoms with Crippen LogP contribution in [-0.4, -0.2) is 54.1 Å². The molecule has 0 fully saturated rings. The molecule has 0 rings (SSSR count). The molecule has 2 nitrogen and oxygen atoms in total. The predicted molar refractivity (Wildman–Crippen MR) is 61.5 cm³/mol. The number of ether oxygens (including phenoxy) is 1. The van der Waals surface area contributed by atoms with Crippen molar-refractivity contribution in [3.05, 3.63) is 12.3 Å². The number of hydrogen-bond acceptors (Lipinski definition) is 2. The van der Waals surface area contributed by atoms with Crippen molar-refractivity contribution in [2.75, 3.05) is 6.61 Å². The molecule has 0 aliphatic heterocycles. The lowest BCUT2D eigenvalue weighted by molar-refractivity contribution is -0.449. The first-order valence-electron chi connectivity index (χ1n) is 6.64. The molecule has 0 aliphatic carbocycles. The minimum atomic E-state index is -8.42. The summed E-state index contributed by atoms with van der Waals surface area (Å²) in [4.78, 5) is 10.9. The number of rotatable bonds is 9. The summed E-state index contributed by atoms with van der Waals surface area (Å²) in [6.07, 6.45) is -8.51. The highest BCUT2D eigenvalue weighted by Gasteiger charge is 2.93. The van der Waals surface area contributed by atoms with Crippen LogP contribution in [0.4, 0.5) is 65.9 Å². The molecule has 0 saturated carbocycles. The van der Waals surface area contributed by atoms with Crippen LogP contribution < -0.4 is 0 Å². The summed E-state index contributed by atoms with van der Waals surface area (Å²) in [5, 5.41) is 0. The van der Waals surface area contributed by atoms with Crippen LogP contribution in [0.5, 0.6) is 0 Å². The van der Waals surface area contributed by atoms with E-state index in [1.165, 1.54) is 0 Å². The molecule has 17 heteroatoms. The third kappa shape index (κ3) is 3.83. The van der Waals surface area contributed by atoms with Crippen molar-refractivity contribution < 1.29 is 75.4 Å². The molecule has 172 valence electrons. The van der Waals surface area contributed by atoms with Gasteiger partial charge in [0, 0.05) is 6.08 Å². The molecular formula is C12H7F15O2. The van der Waals surface area contributed by atoms with Gasteiger partial charge in [0.1, 0.15) is 0 Å². The molecule has 0 spiro atoms. The fourth-order valence-corrected chi connectivity index (χ4v) is 1.43. The lowest BCUT2D eigenvalue weighted by Crippen LogP contribution is -2.73. The van der Waals surface area contributed by atoms with Crippen molar-refractivity contribution in [2.45, 2.75) is 48.6 Å². The van der Waals surface area contributed by atoms with Gasteiger partial charge in [0.2, 0.25) is 5.78 Å². The summed E-state index contributed by atoms with van der Waals surface area (Å²) in [5.74, 6) is -51.4. The van der Waals surface area contributed by atoms with Gasteiger partial charge in [0.25, 0.3) is 0 Å². The first-order chi connectivity index (χ1) is 12.5. The van der Waals surface area contributed by atoms with E-state index in [2.05, 4.69) is 4.74 Å². The zero-order chi connectivity index (χ0) is 23.9. The van der Waals surface area contributed by atoms with Gasteiger partial charge in [-0.1, -0.05) is 0 Å². The van der Waals surface area contributed by atoms with E-state index >= 15 is 0 Å². The number of carbonyl (C=O) groups is 1. The maximum absolute atomic E-state index is 13.3. The molecule has 0 saturated heterocycles. The number of alkyl halides is 15. The summed E-state index contributed by atoms with van der Waals surface area (Å²) >= 11 is 0. The standard InChI is InChI=1S/C12H7F15O2/c1-2-29-4-3-5(28)6(13,14)7(15,16)8(17,18)9(19,20)10(21,22)11(23,24)12(25,26)27/h3-4H,2H2,1H3/b4-3+. The van der Waals surface area contributed by atoms with Crippen molar-refractivity contribution in [1.82, 2.24) is 0 Å². The average Bonchev–Trinajstić information content (AvgIpc) is 2.52. The van der Waals surface area contributed by atoms with Crippen molar-refractivity contribution in [1.29, 1.82) is 0 Å². The monoisotopic (exact) mass is 468 g/mol. The Balaban J connectivity index is 6.46. The summed E-state index contributed by atoms with van der Waals surface area (Å²) in [5.41, 5.74) is 0. The Kier molecular flexibility index (Phi) is 6.97. The zero-order valence-electron chi connectivity index (χ0n) is 13.3. The van der Waals surface area contributed by atoms with Gasteiger partial charge in [0.15, 0.2) is 0 Å². The van der Waals surface area contributed by atoms with Crippen molar-refractivity contribution >= 4 is 5.78 Å². The lowest BCUT2D eigenvalue weighted by Gasteiger charge is -2.40. The third-order valence-corrected chi connectivity index (χ3v) is 3.12. The maximum atomic E-state index is 13.3. The maximum Gasteiger partial charge on any atom is 0.460 e. The number of halogens is 15. The van der Waals surface area contributed by atoms with Crippen LogP contribution in [0.25, 0.3) is 0 Å². The first-order valence-corrected chi connectivity index (χ1v) is 6.64. The predicted octanol–water partition coefficient (Wildman–Crippen LogP) is 5.48. The summed E-state index contributed by atoms with van der Waals surface area (Å²) in [7, 11) is 0. The minimum Gasteiger partial charge on any atom is -0.501 e. The van der Waals surface area contributed by atoms with Gasteiger partial charge in [-0.25, -0.2) is 0 Å². The number of carbonyl (C=O) groups excluding carboxylic acids is 1. The van der Waals surface area contributed by atoms with Gasteiger partial charge in [-0.15, -0.1) is 0 Å². The molecule has 0 unspecified atom stereocenters. The van der Waals surface area contributed by atoms with E-state index in [0.717, 1.165) is 6.92 Å². The highest BCUT2D eigenvalue weighted by molar-refractivity contribution is 5.96. The van der Waals surface area contributed by atoms with E-state index in [1.807, 2.05) is 0 Å². The Hall–Kier alpha value is -1.84. The Morgan fingerprint density at radius 3 is 1.34 bits per heavy atom. The minimum absolute atomic E-state index is 0.116. The highest BCUT2D eigenvalue weighted by atomic mass is 19.4. The second kappa shape index (κ2) is 7.45. The largest absolute Gasteiger partial charge is 0.501 e. The average molecular weight is 468 g/mol. The van der Waals surface area contributed by atoms with E-state index in [4.69, 9.17) is 0 Å². The molecule has 0 atom stereocenters. The summed E-state index contributed by atoms with van der Waals surface area (Å²) < 4.78 is 197. The molecule has 0 bridgehead atoms. The van der Waals surface area contributed by atoms with E-state index in [0.29, 0.717) is 0 Å². The Morgan fingerprint density at radius 2 is 1.00 bits per heavy atom. The normalized spacial score (nSPS) is 15.7. The molecule has 0 amide bonds. The second-order valence-corrected chi connectivity index (χ2v) is 5.07. The van der Waals surface area contributed by atoms with E-state index in [1.54, 1.807) is 0 Å².